The number of anilines is 1. The van der Waals surface area contributed by atoms with Crippen LogP contribution in [0.25, 0.3) is 0 Å². The van der Waals surface area contributed by atoms with Gasteiger partial charge in [-0.2, -0.15) is 4.31 Å². The molecule has 0 unspecified atom stereocenters. The number of sulfonamides is 1. The number of pyridine rings is 1. The molecule has 1 aromatic rings. The fourth-order valence-corrected chi connectivity index (χ4v) is 4.20. The number of nitrogens with one attached hydrogen (secondary N) is 1. The average molecular weight is 311 g/mol. The number of rotatable bonds is 5. The molecular weight excluding hydrogens is 290 g/mol. The molecule has 3 heterocycles. The van der Waals surface area contributed by atoms with Crippen molar-refractivity contribution in [2.75, 3.05) is 31.6 Å². The summed E-state index contributed by atoms with van der Waals surface area (Å²) in [4.78, 5) is 4.48. The van der Waals surface area contributed by atoms with Crippen molar-refractivity contribution in [3.63, 3.8) is 0 Å². The van der Waals surface area contributed by atoms with Crippen LogP contribution in [0.4, 0.5) is 5.82 Å². The molecule has 2 aliphatic rings. The molecule has 1 N–H and O–H groups in total. The lowest BCUT2D eigenvalue weighted by Crippen LogP contribution is -2.28. The molecule has 0 radical (unpaired) electrons. The summed E-state index contributed by atoms with van der Waals surface area (Å²) < 4.78 is 31.8. The molecular formula is C14H21N3O3S. The molecule has 0 amide bonds. The van der Waals surface area contributed by atoms with E-state index in [1.54, 1.807) is 12.1 Å². The summed E-state index contributed by atoms with van der Waals surface area (Å²) >= 11 is 0. The van der Waals surface area contributed by atoms with E-state index < -0.39 is 10.0 Å². The van der Waals surface area contributed by atoms with Crippen LogP contribution in [0, 0.1) is 0 Å². The quantitative estimate of drug-likeness (QED) is 0.891. The number of ether oxygens (including phenoxy) is 1. The van der Waals surface area contributed by atoms with E-state index in [4.69, 9.17) is 4.74 Å². The van der Waals surface area contributed by atoms with Gasteiger partial charge >= 0.3 is 0 Å². The first-order valence-corrected chi connectivity index (χ1v) is 8.92. The summed E-state index contributed by atoms with van der Waals surface area (Å²) in [7, 11) is -3.37. The SMILES string of the molecule is O=S(=O)(c1ccc(NC[C@@H]2CCCO2)nc1)N1CCCC1. The zero-order chi connectivity index (χ0) is 14.7. The van der Waals surface area contributed by atoms with Crippen LogP contribution in [0.15, 0.2) is 23.2 Å². The van der Waals surface area contributed by atoms with Crippen LogP contribution in [0.3, 0.4) is 0 Å². The molecule has 0 bridgehead atoms. The van der Waals surface area contributed by atoms with E-state index >= 15 is 0 Å². The molecule has 0 aromatic carbocycles. The molecule has 1 atom stereocenters. The Labute approximate surface area is 125 Å². The maximum atomic E-state index is 12.4. The summed E-state index contributed by atoms with van der Waals surface area (Å²) in [5.41, 5.74) is 0. The summed E-state index contributed by atoms with van der Waals surface area (Å²) in [6.07, 6.45) is 5.72. The third-order valence-electron chi connectivity index (χ3n) is 3.97. The molecule has 1 aromatic heterocycles. The maximum Gasteiger partial charge on any atom is 0.244 e. The minimum Gasteiger partial charge on any atom is -0.376 e. The van der Waals surface area contributed by atoms with E-state index in [2.05, 4.69) is 10.3 Å². The standard InChI is InChI=1S/C14H21N3O3S/c18-21(19,17-7-1-2-8-17)13-5-6-14(16-11-13)15-10-12-4-3-9-20-12/h5-6,11-12H,1-4,7-10H2,(H,15,16)/t12-/m0/s1. The molecule has 0 saturated carbocycles. The van der Waals surface area contributed by atoms with Gasteiger partial charge < -0.3 is 10.1 Å². The molecule has 0 spiro atoms. The normalized spacial score (nSPS) is 23.5. The molecule has 21 heavy (non-hydrogen) atoms. The lowest BCUT2D eigenvalue weighted by atomic mass is 10.2. The van der Waals surface area contributed by atoms with Crippen LogP contribution in [0.1, 0.15) is 25.7 Å². The molecule has 7 heteroatoms. The fraction of sp³-hybridized carbons (Fsp3) is 0.643. The first kappa shape index (κ1) is 14.7. The van der Waals surface area contributed by atoms with Crippen molar-refractivity contribution < 1.29 is 13.2 Å². The van der Waals surface area contributed by atoms with Crippen LogP contribution >= 0.6 is 0 Å². The van der Waals surface area contributed by atoms with Crippen molar-refractivity contribution in [3.05, 3.63) is 18.3 Å². The monoisotopic (exact) mass is 311 g/mol. The third kappa shape index (κ3) is 3.36. The molecule has 116 valence electrons. The van der Waals surface area contributed by atoms with Crippen LogP contribution < -0.4 is 5.32 Å². The summed E-state index contributed by atoms with van der Waals surface area (Å²) in [5, 5.41) is 3.19. The van der Waals surface area contributed by atoms with Crippen molar-refractivity contribution in [2.45, 2.75) is 36.7 Å². The van der Waals surface area contributed by atoms with Crippen LogP contribution in [-0.4, -0.2) is 50.1 Å². The van der Waals surface area contributed by atoms with Crippen LogP contribution in [0.2, 0.25) is 0 Å². The van der Waals surface area contributed by atoms with Gasteiger partial charge in [0, 0.05) is 32.4 Å². The van der Waals surface area contributed by atoms with Gasteiger partial charge in [0.05, 0.1) is 6.10 Å². The maximum absolute atomic E-state index is 12.4. The van der Waals surface area contributed by atoms with E-state index in [1.165, 1.54) is 10.5 Å². The minimum atomic E-state index is -3.37. The lowest BCUT2D eigenvalue weighted by Gasteiger charge is -2.15. The molecule has 6 nitrogen and oxygen atoms in total. The number of aromatic nitrogens is 1. The highest BCUT2D eigenvalue weighted by atomic mass is 32.2. The van der Waals surface area contributed by atoms with Crippen LogP contribution in [-0.2, 0) is 14.8 Å². The van der Waals surface area contributed by atoms with E-state index in [0.29, 0.717) is 25.5 Å². The van der Waals surface area contributed by atoms with Crippen molar-refractivity contribution in [1.82, 2.24) is 9.29 Å². The molecule has 3 rings (SSSR count). The molecule has 2 aliphatic heterocycles. The zero-order valence-electron chi connectivity index (χ0n) is 12.0. The Morgan fingerprint density at radius 3 is 2.71 bits per heavy atom. The highest BCUT2D eigenvalue weighted by Gasteiger charge is 2.27. The summed E-state index contributed by atoms with van der Waals surface area (Å²) in [6, 6.07) is 3.34. The minimum absolute atomic E-state index is 0.236. The predicted octanol–water partition coefficient (Wildman–Crippen LogP) is 1.46. The number of nitrogens with zero attached hydrogens (tertiary/aromatic N) is 2. The van der Waals surface area contributed by atoms with Gasteiger partial charge in [0.15, 0.2) is 0 Å². The highest BCUT2D eigenvalue weighted by Crippen LogP contribution is 2.21. The van der Waals surface area contributed by atoms with Gasteiger partial charge in [0.25, 0.3) is 0 Å². The average Bonchev–Trinajstić information content (AvgIpc) is 3.19. The zero-order valence-corrected chi connectivity index (χ0v) is 12.8. The number of hydrogen-bond donors (Lipinski definition) is 1. The Bertz CT molecular complexity index is 562. The van der Waals surface area contributed by atoms with Crippen molar-refractivity contribution in [1.29, 1.82) is 0 Å². The van der Waals surface area contributed by atoms with Crippen molar-refractivity contribution in [2.24, 2.45) is 0 Å². The topological polar surface area (TPSA) is 71.5 Å². The van der Waals surface area contributed by atoms with Gasteiger partial charge in [0.2, 0.25) is 10.0 Å². The van der Waals surface area contributed by atoms with Crippen molar-refractivity contribution >= 4 is 15.8 Å². The fourth-order valence-electron chi connectivity index (χ4n) is 2.74. The second-order valence-electron chi connectivity index (χ2n) is 5.51. The first-order valence-electron chi connectivity index (χ1n) is 7.48. The Morgan fingerprint density at radius 1 is 1.29 bits per heavy atom. The van der Waals surface area contributed by atoms with Gasteiger partial charge in [-0.3, -0.25) is 0 Å². The first-order chi connectivity index (χ1) is 10.2. The molecule has 2 fully saturated rings. The largest absolute Gasteiger partial charge is 0.376 e. The Hall–Kier alpha value is -1.18. The van der Waals surface area contributed by atoms with Gasteiger partial charge in [-0.15, -0.1) is 0 Å². The van der Waals surface area contributed by atoms with E-state index in [1.807, 2.05) is 0 Å². The molecule has 2 saturated heterocycles. The third-order valence-corrected chi connectivity index (χ3v) is 5.86. The summed E-state index contributed by atoms with van der Waals surface area (Å²) in [5.74, 6) is 0.686. The highest BCUT2D eigenvalue weighted by molar-refractivity contribution is 7.89. The second-order valence-corrected chi connectivity index (χ2v) is 7.44. The smallest absolute Gasteiger partial charge is 0.244 e. The van der Waals surface area contributed by atoms with Gasteiger partial charge in [-0.25, -0.2) is 13.4 Å². The van der Waals surface area contributed by atoms with E-state index in [-0.39, 0.29) is 11.0 Å². The lowest BCUT2D eigenvalue weighted by molar-refractivity contribution is 0.120. The van der Waals surface area contributed by atoms with Gasteiger partial charge in [-0.05, 0) is 37.8 Å². The predicted molar refractivity (Wildman–Crippen MR) is 79.7 cm³/mol. The van der Waals surface area contributed by atoms with Crippen LogP contribution in [0.5, 0.6) is 0 Å². The van der Waals surface area contributed by atoms with Gasteiger partial charge in [0.1, 0.15) is 10.7 Å². The Kier molecular flexibility index (Phi) is 4.42. The Morgan fingerprint density at radius 2 is 2.10 bits per heavy atom. The van der Waals surface area contributed by atoms with E-state index in [0.717, 1.165) is 32.3 Å². The molecule has 0 aliphatic carbocycles. The van der Waals surface area contributed by atoms with E-state index in [9.17, 15) is 8.42 Å². The number of hydrogen-bond acceptors (Lipinski definition) is 5. The Balaban J connectivity index is 1.63. The van der Waals surface area contributed by atoms with Crippen molar-refractivity contribution in [3.8, 4) is 0 Å². The van der Waals surface area contributed by atoms with Gasteiger partial charge in [-0.1, -0.05) is 0 Å². The summed E-state index contributed by atoms with van der Waals surface area (Å²) in [6.45, 7) is 2.76. The second kappa shape index (κ2) is 6.29.